The fourth-order valence-corrected chi connectivity index (χ4v) is 3.27. The summed E-state index contributed by atoms with van der Waals surface area (Å²) in [6, 6.07) is 4.78. The maximum absolute atomic E-state index is 10.9. The van der Waals surface area contributed by atoms with Crippen LogP contribution in [-0.4, -0.2) is 36.8 Å². The van der Waals surface area contributed by atoms with Crippen molar-refractivity contribution in [1.29, 1.82) is 0 Å². The van der Waals surface area contributed by atoms with Crippen molar-refractivity contribution in [2.75, 3.05) is 31.7 Å². The molecule has 1 aliphatic rings. The molecule has 0 bridgehead atoms. The number of rotatable bonds is 6. The highest BCUT2D eigenvalue weighted by molar-refractivity contribution is 5.62. The third-order valence-corrected chi connectivity index (χ3v) is 4.60. The number of nitro groups is 1. The minimum atomic E-state index is -0.407. The molecule has 0 amide bonds. The molecule has 1 aromatic rings. The Labute approximate surface area is 137 Å². The van der Waals surface area contributed by atoms with E-state index >= 15 is 0 Å². The quantitative estimate of drug-likeness (QED) is 0.643. The maximum atomic E-state index is 10.9. The molecular formula is C17H26N2O4. The molecule has 1 aliphatic heterocycles. The molecule has 2 rings (SSSR count). The highest BCUT2D eigenvalue weighted by Gasteiger charge is 2.27. The van der Waals surface area contributed by atoms with E-state index in [2.05, 4.69) is 18.7 Å². The summed E-state index contributed by atoms with van der Waals surface area (Å²) in [7, 11) is 1.54. The van der Waals surface area contributed by atoms with Gasteiger partial charge in [0.05, 0.1) is 23.8 Å². The van der Waals surface area contributed by atoms with Crippen molar-refractivity contribution in [3.8, 4) is 5.75 Å². The Morgan fingerprint density at radius 3 is 2.57 bits per heavy atom. The first-order chi connectivity index (χ1) is 10.9. The number of ether oxygens (including phenoxy) is 1. The van der Waals surface area contributed by atoms with E-state index in [0.29, 0.717) is 11.7 Å². The van der Waals surface area contributed by atoms with Crippen LogP contribution < -0.4 is 9.64 Å². The molecule has 0 unspecified atom stereocenters. The Kier molecular flexibility index (Phi) is 5.46. The van der Waals surface area contributed by atoms with Gasteiger partial charge < -0.3 is 14.7 Å². The maximum Gasteiger partial charge on any atom is 0.273 e. The number of non-ortho nitro benzene ring substituents is 1. The van der Waals surface area contributed by atoms with Gasteiger partial charge in [0, 0.05) is 25.8 Å². The SMILES string of the molecule is COc1cc([N+](=O)[O-])ccc1N1CCC(CC(C)(C)CO)CC1. The first-order valence-electron chi connectivity index (χ1n) is 8.04. The summed E-state index contributed by atoms with van der Waals surface area (Å²) in [4.78, 5) is 12.7. The van der Waals surface area contributed by atoms with Gasteiger partial charge in [-0.15, -0.1) is 0 Å². The number of benzene rings is 1. The van der Waals surface area contributed by atoms with Crippen LogP contribution in [0.3, 0.4) is 0 Å². The van der Waals surface area contributed by atoms with Gasteiger partial charge in [0.2, 0.25) is 0 Å². The van der Waals surface area contributed by atoms with E-state index in [1.807, 2.05) is 0 Å². The molecular weight excluding hydrogens is 296 g/mol. The minimum Gasteiger partial charge on any atom is -0.494 e. The van der Waals surface area contributed by atoms with Crippen LogP contribution in [0.15, 0.2) is 18.2 Å². The van der Waals surface area contributed by atoms with Gasteiger partial charge in [-0.25, -0.2) is 0 Å². The van der Waals surface area contributed by atoms with Gasteiger partial charge in [0.1, 0.15) is 5.75 Å². The van der Waals surface area contributed by atoms with E-state index in [-0.39, 0.29) is 17.7 Å². The monoisotopic (exact) mass is 322 g/mol. The summed E-state index contributed by atoms with van der Waals surface area (Å²) in [5.41, 5.74) is 0.931. The molecule has 1 heterocycles. The predicted octanol–water partition coefficient (Wildman–Crippen LogP) is 3.23. The number of methoxy groups -OCH3 is 1. The van der Waals surface area contributed by atoms with E-state index in [0.717, 1.165) is 38.0 Å². The van der Waals surface area contributed by atoms with Crippen molar-refractivity contribution in [3.63, 3.8) is 0 Å². The van der Waals surface area contributed by atoms with Gasteiger partial charge >= 0.3 is 0 Å². The molecule has 0 aliphatic carbocycles. The highest BCUT2D eigenvalue weighted by Crippen LogP contribution is 2.37. The lowest BCUT2D eigenvalue weighted by molar-refractivity contribution is -0.384. The van der Waals surface area contributed by atoms with Gasteiger partial charge in [0.15, 0.2) is 0 Å². The van der Waals surface area contributed by atoms with Crippen LogP contribution in [0.2, 0.25) is 0 Å². The van der Waals surface area contributed by atoms with Gasteiger partial charge in [-0.05, 0) is 36.7 Å². The number of anilines is 1. The Hall–Kier alpha value is -1.82. The highest BCUT2D eigenvalue weighted by atomic mass is 16.6. The van der Waals surface area contributed by atoms with Gasteiger partial charge in [-0.2, -0.15) is 0 Å². The molecule has 1 N–H and O–H groups in total. The molecule has 1 fully saturated rings. The number of hydrogen-bond donors (Lipinski definition) is 1. The minimum absolute atomic E-state index is 0.0299. The van der Waals surface area contributed by atoms with Crippen molar-refractivity contribution in [1.82, 2.24) is 0 Å². The van der Waals surface area contributed by atoms with Crippen molar-refractivity contribution < 1.29 is 14.8 Å². The number of aliphatic hydroxyl groups excluding tert-OH is 1. The molecule has 0 radical (unpaired) electrons. The molecule has 6 nitrogen and oxygen atoms in total. The number of hydrogen-bond acceptors (Lipinski definition) is 5. The molecule has 0 aromatic heterocycles. The molecule has 1 aromatic carbocycles. The van der Waals surface area contributed by atoms with E-state index in [1.165, 1.54) is 12.1 Å². The first-order valence-corrected chi connectivity index (χ1v) is 8.04. The van der Waals surface area contributed by atoms with Crippen molar-refractivity contribution >= 4 is 11.4 Å². The Balaban J connectivity index is 2.04. The molecule has 0 saturated carbocycles. The molecule has 0 atom stereocenters. The topological polar surface area (TPSA) is 75.8 Å². The first kappa shape index (κ1) is 17.5. The predicted molar refractivity (Wildman–Crippen MR) is 90.1 cm³/mol. The molecule has 128 valence electrons. The van der Waals surface area contributed by atoms with Crippen LogP contribution in [0.4, 0.5) is 11.4 Å². The standard InChI is InChI=1S/C17H26N2O4/c1-17(2,12-20)11-13-6-8-18(9-7-13)15-5-4-14(19(21)22)10-16(15)23-3/h4-5,10,13,20H,6-9,11-12H2,1-3H3. The van der Waals surface area contributed by atoms with Crippen LogP contribution in [0.1, 0.15) is 33.1 Å². The van der Waals surface area contributed by atoms with Crippen LogP contribution in [0.5, 0.6) is 5.75 Å². The second kappa shape index (κ2) is 7.17. The summed E-state index contributed by atoms with van der Waals surface area (Å²) >= 11 is 0. The molecule has 6 heteroatoms. The lowest BCUT2D eigenvalue weighted by Crippen LogP contribution is -2.35. The van der Waals surface area contributed by atoms with Gasteiger partial charge in [-0.3, -0.25) is 10.1 Å². The second-order valence-electron chi connectivity index (χ2n) is 7.07. The zero-order chi connectivity index (χ0) is 17.0. The zero-order valence-corrected chi connectivity index (χ0v) is 14.1. The Morgan fingerprint density at radius 2 is 2.04 bits per heavy atom. The van der Waals surface area contributed by atoms with Crippen molar-refractivity contribution in [3.05, 3.63) is 28.3 Å². The fraction of sp³-hybridized carbons (Fsp3) is 0.647. The fourth-order valence-electron chi connectivity index (χ4n) is 3.27. The summed E-state index contributed by atoms with van der Waals surface area (Å²) in [6.45, 7) is 6.21. The van der Waals surface area contributed by atoms with Gasteiger partial charge in [0.25, 0.3) is 5.69 Å². The molecule has 0 spiro atoms. The second-order valence-corrected chi connectivity index (χ2v) is 7.07. The van der Waals surface area contributed by atoms with Crippen molar-refractivity contribution in [2.24, 2.45) is 11.3 Å². The average Bonchev–Trinajstić information content (AvgIpc) is 2.54. The number of nitrogens with zero attached hydrogens (tertiary/aromatic N) is 2. The van der Waals surface area contributed by atoms with Crippen molar-refractivity contribution in [2.45, 2.75) is 33.1 Å². The van der Waals surface area contributed by atoms with E-state index < -0.39 is 4.92 Å². The summed E-state index contributed by atoms with van der Waals surface area (Å²) in [5, 5.41) is 20.3. The lowest BCUT2D eigenvalue weighted by atomic mass is 9.79. The third-order valence-electron chi connectivity index (χ3n) is 4.60. The van der Waals surface area contributed by atoms with Crippen LogP contribution >= 0.6 is 0 Å². The Bertz CT molecular complexity index is 552. The van der Waals surface area contributed by atoms with Gasteiger partial charge in [-0.1, -0.05) is 13.8 Å². The number of aliphatic hydroxyl groups is 1. The van der Waals surface area contributed by atoms with Crippen LogP contribution in [0, 0.1) is 21.4 Å². The molecule has 23 heavy (non-hydrogen) atoms. The zero-order valence-electron chi connectivity index (χ0n) is 14.1. The number of nitro benzene ring substituents is 1. The lowest BCUT2D eigenvalue weighted by Gasteiger charge is -2.37. The Morgan fingerprint density at radius 1 is 1.39 bits per heavy atom. The average molecular weight is 322 g/mol. The third kappa shape index (κ3) is 4.34. The largest absolute Gasteiger partial charge is 0.494 e. The smallest absolute Gasteiger partial charge is 0.273 e. The summed E-state index contributed by atoms with van der Waals surface area (Å²) < 4.78 is 5.34. The summed E-state index contributed by atoms with van der Waals surface area (Å²) in [6.07, 6.45) is 3.14. The summed E-state index contributed by atoms with van der Waals surface area (Å²) in [5.74, 6) is 1.16. The van der Waals surface area contributed by atoms with E-state index in [9.17, 15) is 15.2 Å². The molecule has 1 saturated heterocycles. The normalized spacial score (nSPS) is 16.4. The number of piperidine rings is 1. The van der Waals surface area contributed by atoms with Crippen LogP contribution in [-0.2, 0) is 0 Å². The van der Waals surface area contributed by atoms with Crippen LogP contribution in [0.25, 0.3) is 0 Å². The van der Waals surface area contributed by atoms with E-state index in [1.54, 1.807) is 13.2 Å². The van der Waals surface area contributed by atoms with E-state index in [4.69, 9.17) is 4.74 Å².